The Balaban J connectivity index is 1.74. The summed E-state index contributed by atoms with van der Waals surface area (Å²) in [5.41, 5.74) is 4.45. The Hall–Kier alpha value is -2.51. The highest BCUT2D eigenvalue weighted by molar-refractivity contribution is 9.10. The second-order valence-electron chi connectivity index (χ2n) is 6.79. The van der Waals surface area contributed by atoms with Crippen molar-refractivity contribution in [3.8, 4) is 16.9 Å². The number of ether oxygens (including phenoxy) is 1. The molecule has 0 unspecified atom stereocenters. The van der Waals surface area contributed by atoms with Crippen LogP contribution in [0, 0.1) is 0 Å². The molecule has 0 radical (unpaired) electrons. The molecule has 4 rings (SSSR count). The van der Waals surface area contributed by atoms with Crippen molar-refractivity contribution in [3.63, 3.8) is 0 Å². The van der Waals surface area contributed by atoms with Crippen LogP contribution >= 0.6 is 27.7 Å². The van der Waals surface area contributed by atoms with Crippen molar-refractivity contribution in [2.24, 2.45) is 4.99 Å². The van der Waals surface area contributed by atoms with E-state index in [4.69, 9.17) is 9.15 Å². The van der Waals surface area contributed by atoms with E-state index >= 15 is 0 Å². The lowest BCUT2D eigenvalue weighted by atomic mass is 9.99. The summed E-state index contributed by atoms with van der Waals surface area (Å²) in [5.74, 6) is 1.40. The third-order valence-corrected chi connectivity index (χ3v) is 6.08. The molecule has 3 aromatic rings. The minimum Gasteiger partial charge on any atom is -0.493 e. The van der Waals surface area contributed by atoms with Gasteiger partial charge in [-0.05, 0) is 43.2 Å². The van der Waals surface area contributed by atoms with E-state index in [1.54, 1.807) is 24.1 Å². The molecule has 1 aliphatic heterocycles. The molecule has 0 atom stereocenters. The number of nitrogens with one attached hydrogen (secondary N) is 1. The number of nitrogens with zero attached hydrogens (tertiary/aromatic N) is 1. The van der Waals surface area contributed by atoms with Gasteiger partial charge in [-0.15, -0.1) is 0 Å². The van der Waals surface area contributed by atoms with Gasteiger partial charge in [0.25, 0.3) is 0 Å². The summed E-state index contributed by atoms with van der Waals surface area (Å²) in [6.07, 6.45) is 3.34. The van der Waals surface area contributed by atoms with Gasteiger partial charge in [0.1, 0.15) is 11.3 Å². The van der Waals surface area contributed by atoms with Crippen molar-refractivity contribution < 1.29 is 13.9 Å². The summed E-state index contributed by atoms with van der Waals surface area (Å²) in [7, 11) is 0. The molecule has 1 aromatic heterocycles. The third-order valence-electron chi connectivity index (χ3n) is 4.70. The van der Waals surface area contributed by atoms with Crippen LogP contribution in [-0.2, 0) is 4.79 Å². The van der Waals surface area contributed by atoms with Gasteiger partial charge in [-0.2, -0.15) is 0 Å². The van der Waals surface area contributed by atoms with Gasteiger partial charge in [-0.3, -0.25) is 9.79 Å². The summed E-state index contributed by atoms with van der Waals surface area (Å²) in [5, 5.41) is 4.48. The fourth-order valence-corrected chi connectivity index (χ4v) is 4.47. The fourth-order valence-electron chi connectivity index (χ4n) is 3.34. The van der Waals surface area contributed by atoms with Crippen molar-refractivity contribution in [1.29, 1.82) is 0 Å². The molecule has 1 aliphatic rings. The Kier molecular flexibility index (Phi) is 6.29. The van der Waals surface area contributed by atoms with Crippen LogP contribution in [0.1, 0.15) is 19.4 Å². The number of hydrogen-bond donors (Lipinski definition) is 1. The summed E-state index contributed by atoms with van der Waals surface area (Å²) in [6.45, 7) is 5.10. The van der Waals surface area contributed by atoms with Crippen LogP contribution in [0.25, 0.3) is 27.7 Å². The molecular formula is C23H21BrN2O3S. The van der Waals surface area contributed by atoms with Crippen molar-refractivity contribution >= 4 is 55.3 Å². The second kappa shape index (κ2) is 9.10. The molecular weight excluding hydrogens is 464 g/mol. The highest BCUT2D eigenvalue weighted by Crippen LogP contribution is 2.38. The highest BCUT2D eigenvalue weighted by atomic mass is 79.9. The number of carbonyl (C=O) groups excluding carboxylic acids is 1. The van der Waals surface area contributed by atoms with E-state index in [0.717, 1.165) is 50.0 Å². The first kappa shape index (κ1) is 20.8. The second-order valence-corrected chi connectivity index (χ2v) is 8.79. The van der Waals surface area contributed by atoms with Gasteiger partial charge in [0.15, 0.2) is 5.17 Å². The zero-order valence-electron chi connectivity index (χ0n) is 16.7. The first-order chi connectivity index (χ1) is 14.5. The van der Waals surface area contributed by atoms with Crippen LogP contribution in [-0.4, -0.2) is 30.0 Å². The fraction of sp³-hybridized carbons (Fsp3) is 0.217. The lowest BCUT2D eigenvalue weighted by Crippen LogP contribution is -2.25. The lowest BCUT2D eigenvalue weighted by molar-refractivity contribution is -0.115. The molecule has 154 valence electrons. The molecule has 2 aromatic carbocycles. The van der Waals surface area contributed by atoms with Gasteiger partial charge in [0.2, 0.25) is 5.91 Å². The summed E-state index contributed by atoms with van der Waals surface area (Å²) < 4.78 is 12.7. The first-order valence-corrected chi connectivity index (χ1v) is 11.4. The number of hydrogen-bond acceptors (Lipinski definition) is 5. The molecule has 1 amide bonds. The minimum absolute atomic E-state index is 0.192. The third kappa shape index (κ3) is 4.47. The van der Waals surface area contributed by atoms with Gasteiger partial charge in [0, 0.05) is 38.9 Å². The van der Waals surface area contributed by atoms with Crippen LogP contribution in [0.3, 0.4) is 0 Å². The van der Waals surface area contributed by atoms with Crippen LogP contribution in [0.15, 0.2) is 62.6 Å². The Morgan fingerprint density at radius 3 is 2.97 bits per heavy atom. The summed E-state index contributed by atoms with van der Waals surface area (Å²) in [4.78, 5) is 16.7. The van der Waals surface area contributed by atoms with Gasteiger partial charge in [0.05, 0.1) is 19.4 Å². The van der Waals surface area contributed by atoms with Gasteiger partial charge in [-0.1, -0.05) is 39.8 Å². The zero-order valence-corrected chi connectivity index (χ0v) is 19.1. The number of thioether (sulfide) groups is 1. The van der Waals surface area contributed by atoms with E-state index in [-0.39, 0.29) is 5.91 Å². The Bertz CT molecular complexity index is 1170. The smallest absolute Gasteiger partial charge is 0.250 e. The molecule has 0 spiro atoms. The minimum atomic E-state index is -0.192. The largest absolute Gasteiger partial charge is 0.493 e. The predicted molar refractivity (Wildman–Crippen MR) is 127 cm³/mol. The standard InChI is InChI=1S/C23H21BrN2O3S/c1-3-28-20-12-21-18(19(13-29-21)15-5-4-6-16(24)10-15)11-17(20)14(2)9-22(27)26-23-25-7-8-30-23/h4-6,9-13H,3,7-8H2,1-2H3,(H,25,26,27)/b14-9+. The van der Waals surface area contributed by atoms with Crippen molar-refractivity contribution in [3.05, 3.63) is 58.8 Å². The van der Waals surface area contributed by atoms with Crippen LogP contribution in [0.5, 0.6) is 5.75 Å². The van der Waals surface area contributed by atoms with Gasteiger partial charge >= 0.3 is 0 Å². The van der Waals surface area contributed by atoms with Crippen molar-refractivity contribution in [1.82, 2.24) is 5.32 Å². The summed E-state index contributed by atoms with van der Waals surface area (Å²) >= 11 is 5.09. The number of furan rings is 1. The van der Waals surface area contributed by atoms with E-state index in [0.29, 0.717) is 17.5 Å². The van der Waals surface area contributed by atoms with Crippen LogP contribution in [0.4, 0.5) is 0 Å². The quantitative estimate of drug-likeness (QED) is 0.459. The number of rotatable bonds is 5. The Morgan fingerprint density at radius 1 is 1.37 bits per heavy atom. The van der Waals surface area contributed by atoms with E-state index < -0.39 is 0 Å². The van der Waals surface area contributed by atoms with E-state index in [9.17, 15) is 4.79 Å². The zero-order chi connectivity index (χ0) is 21.1. The first-order valence-electron chi connectivity index (χ1n) is 9.66. The molecule has 30 heavy (non-hydrogen) atoms. The maximum atomic E-state index is 12.4. The number of fused-ring (bicyclic) bond motifs is 1. The SMILES string of the molecule is CCOc1cc2occ(-c3cccc(Br)c3)c2cc1/C(C)=C/C(=O)NC1=NCCS1. The number of amidine groups is 1. The van der Waals surface area contributed by atoms with E-state index in [2.05, 4.69) is 32.3 Å². The van der Waals surface area contributed by atoms with Gasteiger partial charge in [-0.25, -0.2) is 0 Å². The monoisotopic (exact) mass is 484 g/mol. The van der Waals surface area contributed by atoms with Crippen LogP contribution < -0.4 is 10.1 Å². The molecule has 2 heterocycles. The number of amides is 1. The number of benzene rings is 2. The predicted octanol–water partition coefficient (Wildman–Crippen LogP) is 5.88. The summed E-state index contributed by atoms with van der Waals surface area (Å²) in [6, 6.07) is 12.0. The van der Waals surface area contributed by atoms with Gasteiger partial charge < -0.3 is 14.5 Å². The average molecular weight is 485 g/mol. The molecule has 0 saturated heterocycles. The van der Waals surface area contributed by atoms with Crippen LogP contribution in [0.2, 0.25) is 0 Å². The molecule has 0 saturated carbocycles. The van der Waals surface area contributed by atoms with E-state index in [1.165, 1.54) is 0 Å². The number of allylic oxidation sites excluding steroid dienone is 1. The molecule has 0 bridgehead atoms. The van der Waals surface area contributed by atoms with E-state index in [1.807, 2.05) is 44.2 Å². The number of aliphatic imine (C=N–C) groups is 1. The molecule has 7 heteroatoms. The van der Waals surface area contributed by atoms with Crippen molar-refractivity contribution in [2.75, 3.05) is 18.9 Å². The molecule has 0 aliphatic carbocycles. The topological polar surface area (TPSA) is 63.8 Å². The normalized spacial score (nSPS) is 14.1. The maximum absolute atomic E-state index is 12.4. The molecule has 0 fully saturated rings. The van der Waals surface area contributed by atoms with Crippen molar-refractivity contribution in [2.45, 2.75) is 13.8 Å². The average Bonchev–Trinajstić information content (AvgIpc) is 3.37. The highest BCUT2D eigenvalue weighted by Gasteiger charge is 2.16. The molecule has 5 nitrogen and oxygen atoms in total. The maximum Gasteiger partial charge on any atom is 0.250 e. The lowest BCUT2D eigenvalue weighted by Gasteiger charge is -2.12. The Morgan fingerprint density at radius 2 is 2.23 bits per heavy atom. The number of carbonyl (C=O) groups is 1. The number of halogens is 1. The Labute approximate surface area is 187 Å². The molecule has 1 N–H and O–H groups in total.